The highest BCUT2D eigenvalue weighted by Gasteiger charge is 2.37. The van der Waals surface area contributed by atoms with Crippen LogP contribution in [-0.4, -0.2) is 58.3 Å². The van der Waals surface area contributed by atoms with Gasteiger partial charge in [0.05, 0.1) is 5.57 Å². The molecule has 0 saturated carbocycles. The van der Waals surface area contributed by atoms with Gasteiger partial charge in [-0.2, -0.15) is 10.0 Å². The van der Waals surface area contributed by atoms with Gasteiger partial charge in [-0.3, -0.25) is 10.2 Å². The zero-order chi connectivity index (χ0) is 24.4. The van der Waals surface area contributed by atoms with E-state index in [1.54, 1.807) is 6.08 Å². The Kier molecular flexibility index (Phi) is 6.59. The summed E-state index contributed by atoms with van der Waals surface area (Å²) in [6, 6.07) is 13.4. The molecule has 1 saturated heterocycles. The minimum atomic E-state index is -0.421. The summed E-state index contributed by atoms with van der Waals surface area (Å²) in [6.07, 6.45) is 3.94. The first-order valence-corrected chi connectivity index (χ1v) is 12.5. The van der Waals surface area contributed by atoms with Gasteiger partial charge in [-0.15, -0.1) is 5.10 Å². The number of amides is 1. The zero-order valence-electron chi connectivity index (χ0n) is 19.8. The maximum absolute atomic E-state index is 12.6. The Bertz CT molecular complexity index is 1250. The van der Waals surface area contributed by atoms with Crippen molar-refractivity contribution in [3.8, 4) is 11.5 Å². The molecule has 0 spiro atoms. The van der Waals surface area contributed by atoms with E-state index >= 15 is 0 Å². The maximum Gasteiger partial charge on any atom is 0.283 e. The van der Waals surface area contributed by atoms with Crippen LogP contribution >= 0.6 is 11.8 Å². The number of nitrogens with zero attached hydrogens (tertiary/aromatic N) is 4. The number of ether oxygens (including phenoxy) is 2. The van der Waals surface area contributed by atoms with Gasteiger partial charge in [-0.05, 0) is 85.5 Å². The topological polar surface area (TPSA) is 90.6 Å². The number of amidine groups is 3. The van der Waals surface area contributed by atoms with Gasteiger partial charge in [0, 0.05) is 13.1 Å². The standard InChI is InChI=1S/C26H27N5O3S/c1-17-5-8-21(15-18(17)2)34-14-13-33-20-9-6-19(7-10-20)16-22-23(27)31-25(28-24(22)32)35-26(29-31)30-11-3-4-12-30/h5-10,15-16,27H,3-4,11-14H2,1-2H3/b22-16+,27-23?. The second-order valence-electron chi connectivity index (χ2n) is 8.61. The van der Waals surface area contributed by atoms with Gasteiger partial charge in [-0.1, -0.05) is 18.2 Å². The highest BCUT2D eigenvalue weighted by Crippen LogP contribution is 2.31. The molecule has 0 bridgehead atoms. The second-order valence-corrected chi connectivity index (χ2v) is 9.54. The number of aliphatic imine (C=N–C) groups is 1. The van der Waals surface area contributed by atoms with Crippen molar-refractivity contribution in [1.82, 2.24) is 9.91 Å². The molecule has 3 aliphatic rings. The van der Waals surface area contributed by atoms with Crippen molar-refractivity contribution in [1.29, 1.82) is 5.41 Å². The van der Waals surface area contributed by atoms with Gasteiger partial charge < -0.3 is 14.4 Å². The van der Waals surface area contributed by atoms with Gasteiger partial charge in [-0.25, -0.2) is 0 Å². The number of fused-ring (bicyclic) bond motifs is 1. The summed E-state index contributed by atoms with van der Waals surface area (Å²) in [5, 5.41) is 15.8. The van der Waals surface area contributed by atoms with Crippen LogP contribution in [0, 0.1) is 19.3 Å². The number of hydrogen-bond acceptors (Lipinski definition) is 7. The quantitative estimate of drug-likeness (QED) is 0.477. The molecule has 180 valence electrons. The first-order chi connectivity index (χ1) is 17.0. The van der Waals surface area contributed by atoms with Crippen LogP contribution in [0.2, 0.25) is 0 Å². The molecule has 0 aromatic heterocycles. The molecule has 0 atom stereocenters. The summed E-state index contributed by atoms with van der Waals surface area (Å²) in [7, 11) is 0. The number of hydrogen-bond donors (Lipinski definition) is 1. The normalized spacial score (nSPS) is 18.6. The lowest BCUT2D eigenvalue weighted by molar-refractivity contribution is -0.114. The Labute approximate surface area is 208 Å². The van der Waals surface area contributed by atoms with Crippen molar-refractivity contribution in [3.05, 3.63) is 64.7 Å². The zero-order valence-corrected chi connectivity index (χ0v) is 20.6. The Balaban J connectivity index is 1.19. The Morgan fingerprint density at radius 2 is 1.66 bits per heavy atom. The van der Waals surface area contributed by atoms with Crippen LogP contribution in [0.15, 0.2) is 58.1 Å². The number of carbonyl (C=O) groups excluding carboxylic acids is 1. The number of aryl methyl sites for hydroxylation is 2. The highest BCUT2D eigenvalue weighted by molar-refractivity contribution is 8.26. The number of benzene rings is 2. The Hall–Kier alpha value is -3.59. The molecule has 2 aromatic rings. The van der Waals surface area contributed by atoms with Crippen LogP contribution in [0.25, 0.3) is 6.08 Å². The number of thioether (sulfide) groups is 1. The van der Waals surface area contributed by atoms with Crippen molar-refractivity contribution in [2.75, 3.05) is 26.3 Å². The minimum absolute atomic E-state index is 0.0468. The summed E-state index contributed by atoms with van der Waals surface area (Å²) < 4.78 is 11.5. The lowest BCUT2D eigenvalue weighted by atomic mass is 10.1. The van der Waals surface area contributed by atoms with E-state index in [0.29, 0.717) is 24.1 Å². The molecule has 8 nitrogen and oxygen atoms in total. The molecule has 0 radical (unpaired) electrons. The fraction of sp³-hybridized carbons (Fsp3) is 0.308. The average molecular weight is 490 g/mol. The number of likely N-dealkylation sites (tertiary alicyclic amines) is 1. The summed E-state index contributed by atoms with van der Waals surface area (Å²) in [5.74, 6) is 1.16. The number of rotatable bonds is 6. The number of nitrogens with one attached hydrogen (secondary N) is 1. The molecule has 0 aliphatic carbocycles. The van der Waals surface area contributed by atoms with E-state index in [2.05, 4.69) is 28.8 Å². The van der Waals surface area contributed by atoms with Gasteiger partial charge in [0.15, 0.2) is 11.0 Å². The molecular formula is C26H27N5O3S. The van der Waals surface area contributed by atoms with Crippen molar-refractivity contribution in [2.45, 2.75) is 26.7 Å². The van der Waals surface area contributed by atoms with Crippen LogP contribution in [0.1, 0.15) is 29.5 Å². The van der Waals surface area contributed by atoms with Gasteiger partial charge >= 0.3 is 0 Å². The first-order valence-electron chi connectivity index (χ1n) is 11.7. The predicted octanol–water partition coefficient (Wildman–Crippen LogP) is 4.43. The lowest BCUT2D eigenvalue weighted by Gasteiger charge is -2.20. The average Bonchev–Trinajstić information content (AvgIpc) is 3.53. The predicted molar refractivity (Wildman–Crippen MR) is 139 cm³/mol. The second kappa shape index (κ2) is 9.95. The van der Waals surface area contributed by atoms with E-state index in [1.165, 1.54) is 27.9 Å². The third-order valence-electron chi connectivity index (χ3n) is 6.11. The van der Waals surface area contributed by atoms with Crippen LogP contribution < -0.4 is 9.47 Å². The van der Waals surface area contributed by atoms with Gasteiger partial charge in [0.1, 0.15) is 24.7 Å². The molecule has 3 aliphatic heterocycles. The molecule has 35 heavy (non-hydrogen) atoms. The van der Waals surface area contributed by atoms with Gasteiger partial charge in [0.25, 0.3) is 5.91 Å². The summed E-state index contributed by atoms with van der Waals surface area (Å²) >= 11 is 1.35. The number of hydrazone groups is 1. The first kappa shape index (κ1) is 23.2. The summed E-state index contributed by atoms with van der Waals surface area (Å²) in [4.78, 5) is 19.0. The van der Waals surface area contributed by atoms with Crippen LogP contribution in [0.3, 0.4) is 0 Å². The van der Waals surface area contributed by atoms with Crippen molar-refractivity contribution in [2.24, 2.45) is 10.1 Å². The Morgan fingerprint density at radius 1 is 0.971 bits per heavy atom. The van der Waals surface area contributed by atoms with E-state index in [-0.39, 0.29) is 11.4 Å². The van der Waals surface area contributed by atoms with E-state index < -0.39 is 5.91 Å². The smallest absolute Gasteiger partial charge is 0.283 e. The van der Waals surface area contributed by atoms with E-state index in [1.807, 2.05) is 42.5 Å². The molecule has 1 N–H and O–H groups in total. The highest BCUT2D eigenvalue weighted by atomic mass is 32.2. The van der Waals surface area contributed by atoms with Crippen LogP contribution in [0.4, 0.5) is 0 Å². The minimum Gasteiger partial charge on any atom is -0.490 e. The van der Waals surface area contributed by atoms with Gasteiger partial charge in [0.2, 0.25) is 5.17 Å². The third-order valence-corrected chi connectivity index (χ3v) is 7.08. The van der Waals surface area contributed by atoms with E-state index in [9.17, 15) is 4.79 Å². The fourth-order valence-corrected chi connectivity index (χ4v) is 4.91. The largest absolute Gasteiger partial charge is 0.490 e. The number of carbonyl (C=O) groups is 1. The fourth-order valence-electron chi connectivity index (χ4n) is 3.97. The SMILES string of the molecule is Cc1ccc(OCCOc2ccc(/C=C3\C(=N)N4N=C(N5CCCC5)SC4=NC3=O)cc2)cc1C. The molecular weight excluding hydrogens is 462 g/mol. The Morgan fingerprint density at radius 3 is 2.37 bits per heavy atom. The van der Waals surface area contributed by atoms with Crippen LogP contribution in [0.5, 0.6) is 11.5 Å². The van der Waals surface area contributed by atoms with Crippen molar-refractivity contribution < 1.29 is 14.3 Å². The lowest BCUT2D eigenvalue weighted by Crippen LogP contribution is -2.35. The van der Waals surface area contributed by atoms with Crippen LogP contribution in [-0.2, 0) is 4.79 Å². The summed E-state index contributed by atoms with van der Waals surface area (Å²) in [6.45, 7) is 6.88. The molecule has 9 heteroatoms. The molecule has 0 unspecified atom stereocenters. The maximum atomic E-state index is 12.6. The molecule has 2 aromatic carbocycles. The van der Waals surface area contributed by atoms with E-state index in [4.69, 9.17) is 14.9 Å². The molecule has 1 amide bonds. The molecule has 3 heterocycles. The summed E-state index contributed by atoms with van der Waals surface area (Å²) in [5.41, 5.74) is 3.43. The third kappa shape index (κ3) is 5.09. The molecule has 1 fully saturated rings. The van der Waals surface area contributed by atoms with Crippen molar-refractivity contribution >= 4 is 39.9 Å². The van der Waals surface area contributed by atoms with Crippen molar-refractivity contribution in [3.63, 3.8) is 0 Å². The monoisotopic (exact) mass is 489 g/mol. The van der Waals surface area contributed by atoms with E-state index in [0.717, 1.165) is 42.4 Å². The molecule has 5 rings (SSSR count).